The number of hydrogen-bond donors (Lipinski definition) is 4. The second-order valence-corrected chi connectivity index (χ2v) is 13.1. The average Bonchev–Trinajstić information content (AvgIpc) is 3.32. The summed E-state index contributed by atoms with van der Waals surface area (Å²) in [6.45, 7) is 11.6. The number of cyclic esters (lactones) is 3. The third kappa shape index (κ3) is 36.9. The zero-order chi connectivity index (χ0) is 45.6. The van der Waals surface area contributed by atoms with Crippen LogP contribution in [0.15, 0.2) is 36.5 Å². The third-order valence-electron chi connectivity index (χ3n) is 7.67. The van der Waals surface area contributed by atoms with Gasteiger partial charge in [-0.3, -0.25) is 28.8 Å². The van der Waals surface area contributed by atoms with Gasteiger partial charge in [-0.2, -0.15) is 0 Å². The van der Waals surface area contributed by atoms with Crippen molar-refractivity contribution in [2.24, 2.45) is 0 Å². The Morgan fingerprint density at radius 2 is 0.967 bits per heavy atom. The number of aliphatic hydroxyl groups is 2. The van der Waals surface area contributed by atoms with Gasteiger partial charge in [-0.1, -0.05) is 19.7 Å². The fourth-order valence-electron chi connectivity index (χ4n) is 4.28. The smallest absolute Gasteiger partial charge is 0.341 e. The molecule has 60 heavy (non-hydrogen) atoms. The minimum Gasteiger partial charge on any atom is -0.478 e. The van der Waals surface area contributed by atoms with E-state index in [4.69, 9.17) is 44.1 Å². The van der Waals surface area contributed by atoms with Crippen LogP contribution in [0.25, 0.3) is 0 Å². The molecule has 0 aromatic carbocycles. The number of hydrogen-bond acceptors (Lipinski definition) is 17. The first-order valence-electron chi connectivity index (χ1n) is 19.8. The second kappa shape index (κ2) is 37.8. The summed E-state index contributed by atoms with van der Waals surface area (Å²) in [6.07, 6.45) is 9.68. The molecule has 19 nitrogen and oxygen atoms in total. The molecule has 19 heteroatoms. The van der Waals surface area contributed by atoms with Crippen LogP contribution in [0.1, 0.15) is 122 Å². The van der Waals surface area contributed by atoms with Crippen molar-refractivity contribution in [3.05, 3.63) is 36.5 Å². The number of carboxylic acids is 2. The van der Waals surface area contributed by atoms with Crippen LogP contribution < -0.4 is 0 Å². The molecule has 0 radical (unpaired) electrons. The Morgan fingerprint density at radius 3 is 1.32 bits per heavy atom. The molecule has 2 fully saturated rings. The molecule has 0 aliphatic carbocycles. The number of rotatable bonds is 26. The molecule has 4 N–H and O–H groups in total. The lowest BCUT2D eigenvalue weighted by molar-refractivity contribution is -0.151. The Hall–Kier alpha value is -5.43. The van der Waals surface area contributed by atoms with Gasteiger partial charge in [0.15, 0.2) is 0 Å². The van der Waals surface area contributed by atoms with Crippen LogP contribution in [0.3, 0.4) is 0 Å². The van der Waals surface area contributed by atoms with E-state index in [1.807, 2.05) is 0 Å². The van der Waals surface area contributed by atoms with Gasteiger partial charge in [0.05, 0.1) is 52.3 Å². The van der Waals surface area contributed by atoms with Crippen LogP contribution in [-0.2, 0) is 71.6 Å². The van der Waals surface area contributed by atoms with E-state index in [0.717, 1.165) is 32.1 Å². The van der Waals surface area contributed by atoms with Gasteiger partial charge in [-0.15, -0.1) is 0 Å². The molecule has 0 aromatic heterocycles. The summed E-state index contributed by atoms with van der Waals surface area (Å²) >= 11 is 0. The van der Waals surface area contributed by atoms with Crippen molar-refractivity contribution < 1.29 is 92.0 Å². The Labute approximate surface area is 350 Å². The Kier molecular flexibility index (Phi) is 35.7. The summed E-state index contributed by atoms with van der Waals surface area (Å²) in [5.41, 5.74) is -0.216. The molecule has 340 valence electrons. The van der Waals surface area contributed by atoms with Crippen LogP contribution >= 0.6 is 0 Å². The summed E-state index contributed by atoms with van der Waals surface area (Å²) in [5, 5.41) is 33.5. The number of carboxylic acid groups (broad SMARTS) is 2. The van der Waals surface area contributed by atoms with Crippen molar-refractivity contribution in [1.82, 2.24) is 0 Å². The number of ether oxygens (including phenoxy) is 6. The monoisotopic (exact) mass is 858 g/mol. The third-order valence-corrected chi connectivity index (χ3v) is 7.67. The van der Waals surface area contributed by atoms with Crippen LogP contribution in [-0.4, -0.2) is 120 Å². The Morgan fingerprint density at radius 1 is 0.550 bits per heavy atom. The van der Waals surface area contributed by atoms with Crippen molar-refractivity contribution in [2.45, 2.75) is 122 Å². The molecule has 0 bridgehead atoms. The van der Waals surface area contributed by atoms with E-state index in [9.17, 15) is 43.2 Å². The lowest BCUT2D eigenvalue weighted by Crippen LogP contribution is -2.11. The standard InChI is InChI=1S/C26H38O12.C6H10O2.C5H4O3.C4H10O2/c1-19(25(31)32)17-23(29)37-13-7-3-5-11-21(27)35-15-9-10-16-36-22(28)12-6-4-8-14-38-24(30)18-20(2)26(33)34;7-6-4-2-1-3-5-8-6;1-3-2-4(6)8-5(3)7;5-3-1-2-4-6/h1-18H2,(H,31,32)(H,33,34);1-5H2;1-2H2;5-6H,1-4H2. The highest BCUT2D eigenvalue weighted by Gasteiger charge is 2.24. The average molecular weight is 859 g/mol. The fourth-order valence-corrected chi connectivity index (χ4v) is 4.28. The molecule has 2 heterocycles. The molecule has 2 saturated heterocycles. The van der Waals surface area contributed by atoms with E-state index in [1.165, 1.54) is 0 Å². The largest absolute Gasteiger partial charge is 0.478 e. The molecular formula is C41H62O19. The zero-order valence-electron chi connectivity index (χ0n) is 34.4. The summed E-state index contributed by atoms with van der Waals surface area (Å²) < 4.78 is 28.9. The number of unbranched alkanes of at least 4 members (excludes halogenated alkanes) is 6. The number of aliphatic hydroxyl groups excluding tert-OH is 2. The minimum atomic E-state index is -1.24. The summed E-state index contributed by atoms with van der Waals surface area (Å²) in [5.74, 6) is -5.58. The summed E-state index contributed by atoms with van der Waals surface area (Å²) in [4.78, 5) is 98.2. The highest BCUT2D eigenvalue weighted by Crippen LogP contribution is 2.11. The number of carbonyl (C=O) groups is 9. The maximum absolute atomic E-state index is 11.7. The number of esters is 7. The topological polar surface area (TPSA) is 290 Å². The second-order valence-electron chi connectivity index (χ2n) is 13.1. The predicted octanol–water partition coefficient (Wildman–Crippen LogP) is 3.99. The molecule has 0 atom stereocenters. The predicted molar refractivity (Wildman–Crippen MR) is 210 cm³/mol. The van der Waals surface area contributed by atoms with E-state index in [0.29, 0.717) is 64.4 Å². The number of aliphatic carboxylic acids is 2. The van der Waals surface area contributed by atoms with Crippen LogP contribution in [0, 0.1) is 0 Å². The molecule has 0 saturated carbocycles. The van der Waals surface area contributed by atoms with Crippen molar-refractivity contribution in [2.75, 3.05) is 46.2 Å². The van der Waals surface area contributed by atoms with Crippen LogP contribution in [0.5, 0.6) is 0 Å². The van der Waals surface area contributed by atoms with E-state index in [-0.39, 0.29) is 106 Å². The normalized spacial score (nSPS) is 12.8. The van der Waals surface area contributed by atoms with E-state index < -0.39 is 35.8 Å². The molecular weight excluding hydrogens is 796 g/mol. The lowest BCUT2D eigenvalue weighted by Gasteiger charge is -2.07. The first kappa shape index (κ1) is 56.7. The number of carbonyl (C=O) groups excluding carboxylic acids is 7. The van der Waals surface area contributed by atoms with Crippen molar-refractivity contribution in [1.29, 1.82) is 0 Å². The molecule has 0 aromatic rings. The van der Waals surface area contributed by atoms with E-state index in [1.54, 1.807) is 0 Å². The first-order valence-corrected chi connectivity index (χ1v) is 19.8. The van der Waals surface area contributed by atoms with Crippen LogP contribution in [0.2, 0.25) is 0 Å². The van der Waals surface area contributed by atoms with E-state index >= 15 is 0 Å². The van der Waals surface area contributed by atoms with Gasteiger partial charge in [0.2, 0.25) is 0 Å². The van der Waals surface area contributed by atoms with Gasteiger partial charge >= 0.3 is 53.7 Å². The summed E-state index contributed by atoms with van der Waals surface area (Å²) in [7, 11) is 0. The SMILES string of the molecule is C=C(CC(=O)OCCCCCC(=O)OCCCCOC(=O)CCCCCOC(=O)CC(=C)C(=O)O)C(=O)O.C=C1CC(=O)OC1=O.O=C1CCCCCO1.OCCCCO. The quantitative estimate of drug-likeness (QED) is 0.0314. The van der Waals surface area contributed by atoms with Gasteiger partial charge in [0, 0.05) is 49.2 Å². The van der Waals surface area contributed by atoms with Crippen molar-refractivity contribution in [3.8, 4) is 0 Å². The van der Waals surface area contributed by atoms with Gasteiger partial charge in [-0.05, 0) is 83.5 Å². The lowest BCUT2D eigenvalue weighted by atomic mass is 10.2. The molecule has 2 rings (SSSR count). The van der Waals surface area contributed by atoms with Crippen molar-refractivity contribution in [3.63, 3.8) is 0 Å². The maximum atomic E-state index is 11.7. The zero-order valence-corrected chi connectivity index (χ0v) is 34.4. The minimum absolute atomic E-state index is 0.0255. The van der Waals surface area contributed by atoms with Crippen LogP contribution in [0.4, 0.5) is 0 Å². The highest BCUT2D eigenvalue weighted by atomic mass is 16.6. The van der Waals surface area contributed by atoms with Gasteiger partial charge in [0.25, 0.3) is 0 Å². The molecule has 0 unspecified atom stereocenters. The molecule has 2 aliphatic heterocycles. The van der Waals surface area contributed by atoms with E-state index in [2.05, 4.69) is 24.5 Å². The Bertz CT molecular complexity index is 1300. The first-order chi connectivity index (χ1) is 28.5. The molecule has 0 spiro atoms. The maximum Gasteiger partial charge on any atom is 0.341 e. The summed E-state index contributed by atoms with van der Waals surface area (Å²) in [6, 6.07) is 0. The van der Waals surface area contributed by atoms with Gasteiger partial charge in [-0.25, -0.2) is 14.4 Å². The Balaban J connectivity index is 0. The van der Waals surface area contributed by atoms with Crippen molar-refractivity contribution >= 4 is 53.7 Å². The molecule has 2 aliphatic rings. The van der Waals surface area contributed by atoms with Gasteiger partial charge < -0.3 is 48.8 Å². The highest BCUT2D eigenvalue weighted by molar-refractivity contribution is 6.05. The molecule has 0 amide bonds. The van der Waals surface area contributed by atoms with Gasteiger partial charge in [0.1, 0.15) is 0 Å². The fraction of sp³-hybridized carbons (Fsp3) is 0.634.